The highest BCUT2D eigenvalue weighted by Gasteiger charge is 2.33. The second-order valence-electron chi connectivity index (χ2n) is 5.31. The molecule has 0 bridgehead atoms. The van der Waals surface area contributed by atoms with Crippen molar-refractivity contribution in [2.45, 2.75) is 25.8 Å². The molecule has 1 aromatic carbocycles. The molecule has 1 saturated heterocycles. The van der Waals surface area contributed by atoms with E-state index in [2.05, 4.69) is 5.32 Å². The first-order valence-corrected chi connectivity index (χ1v) is 9.66. The number of thiocarbonyl (C=S) groups is 1. The van der Waals surface area contributed by atoms with Gasteiger partial charge in [0.1, 0.15) is 5.82 Å². The first-order valence-electron chi connectivity index (χ1n) is 7.05. The van der Waals surface area contributed by atoms with Crippen LogP contribution in [0.1, 0.15) is 19.8 Å². The second kappa shape index (κ2) is 7.10. The van der Waals surface area contributed by atoms with Crippen molar-refractivity contribution in [1.82, 2.24) is 4.90 Å². The maximum absolute atomic E-state index is 13.2. The van der Waals surface area contributed by atoms with Crippen LogP contribution in [0, 0.1) is 5.82 Å². The minimum atomic E-state index is -2.98. The van der Waals surface area contributed by atoms with Gasteiger partial charge in [0, 0.05) is 18.3 Å². The molecule has 0 spiro atoms. The van der Waals surface area contributed by atoms with E-state index in [1.54, 1.807) is 6.07 Å². The van der Waals surface area contributed by atoms with Gasteiger partial charge in [-0.25, -0.2) is 12.8 Å². The van der Waals surface area contributed by atoms with E-state index in [0.717, 1.165) is 6.42 Å². The van der Waals surface area contributed by atoms with E-state index in [1.165, 1.54) is 12.1 Å². The fourth-order valence-corrected chi connectivity index (χ4v) is 4.75. The quantitative estimate of drug-likeness (QED) is 0.832. The SMILES string of the molecule is CCCN(C(=S)Nc1ccc(F)c(Cl)c1)[C@@H]1CCS(=O)(=O)C1. The Hall–Kier alpha value is -0.920. The highest BCUT2D eigenvalue weighted by molar-refractivity contribution is 7.91. The lowest BCUT2D eigenvalue weighted by atomic mass is 10.2. The summed E-state index contributed by atoms with van der Waals surface area (Å²) < 4.78 is 36.5. The molecule has 122 valence electrons. The molecule has 1 heterocycles. The zero-order valence-corrected chi connectivity index (χ0v) is 14.6. The minimum absolute atomic E-state index is 0.0123. The molecule has 1 fully saturated rings. The van der Waals surface area contributed by atoms with Gasteiger partial charge in [-0.05, 0) is 43.3 Å². The van der Waals surface area contributed by atoms with E-state index in [0.29, 0.717) is 23.8 Å². The molecule has 1 aliphatic rings. The van der Waals surface area contributed by atoms with Crippen molar-refractivity contribution in [3.8, 4) is 0 Å². The zero-order valence-electron chi connectivity index (χ0n) is 12.2. The third-order valence-corrected chi connectivity index (χ3v) is 5.92. The summed E-state index contributed by atoms with van der Waals surface area (Å²) in [6, 6.07) is 4.15. The zero-order chi connectivity index (χ0) is 16.3. The Labute approximate surface area is 140 Å². The highest BCUT2D eigenvalue weighted by atomic mass is 35.5. The number of nitrogens with zero attached hydrogens (tertiary/aromatic N) is 1. The molecule has 1 aliphatic heterocycles. The standard InChI is InChI=1S/C14H18ClFN2O2S2/c1-2-6-18(11-5-7-22(19,20)9-11)14(21)17-10-3-4-13(16)12(15)8-10/h3-4,8,11H,2,5-7,9H2,1H3,(H,17,21)/t11-/m1/s1. The Morgan fingerprint density at radius 3 is 2.82 bits per heavy atom. The van der Waals surface area contributed by atoms with E-state index >= 15 is 0 Å². The van der Waals surface area contributed by atoms with Gasteiger partial charge in [0.15, 0.2) is 14.9 Å². The number of sulfone groups is 1. The lowest BCUT2D eigenvalue weighted by Crippen LogP contribution is -2.43. The van der Waals surface area contributed by atoms with Crippen molar-refractivity contribution in [1.29, 1.82) is 0 Å². The first-order chi connectivity index (χ1) is 10.3. The molecule has 1 aromatic rings. The Bertz CT molecular complexity index is 667. The molecular weight excluding hydrogens is 347 g/mol. The maximum Gasteiger partial charge on any atom is 0.173 e. The van der Waals surface area contributed by atoms with E-state index in [1.807, 2.05) is 11.8 Å². The fraction of sp³-hybridized carbons (Fsp3) is 0.500. The molecule has 0 amide bonds. The molecule has 0 saturated carbocycles. The average Bonchev–Trinajstić information content (AvgIpc) is 2.80. The maximum atomic E-state index is 13.2. The molecule has 1 N–H and O–H groups in total. The lowest BCUT2D eigenvalue weighted by Gasteiger charge is -2.30. The molecule has 4 nitrogen and oxygen atoms in total. The second-order valence-corrected chi connectivity index (χ2v) is 8.33. The molecule has 8 heteroatoms. The smallest absolute Gasteiger partial charge is 0.173 e. The minimum Gasteiger partial charge on any atom is -0.345 e. The number of hydrogen-bond acceptors (Lipinski definition) is 3. The predicted molar refractivity (Wildman–Crippen MR) is 91.7 cm³/mol. The predicted octanol–water partition coefficient (Wildman–Crippen LogP) is 3.08. The lowest BCUT2D eigenvalue weighted by molar-refractivity contribution is 0.339. The number of benzene rings is 1. The van der Waals surface area contributed by atoms with Gasteiger partial charge in [-0.2, -0.15) is 0 Å². The summed E-state index contributed by atoms with van der Waals surface area (Å²) in [7, 11) is -2.98. The van der Waals surface area contributed by atoms with Gasteiger partial charge < -0.3 is 10.2 Å². The molecule has 0 radical (unpaired) electrons. The van der Waals surface area contributed by atoms with Gasteiger partial charge in [-0.3, -0.25) is 0 Å². The summed E-state index contributed by atoms with van der Waals surface area (Å²) in [5, 5.41) is 3.46. The molecular formula is C14H18ClFN2O2S2. The summed E-state index contributed by atoms with van der Waals surface area (Å²) in [4.78, 5) is 1.90. The monoisotopic (exact) mass is 364 g/mol. The van der Waals surface area contributed by atoms with E-state index < -0.39 is 15.7 Å². The van der Waals surface area contributed by atoms with Crippen LogP contribution in [0.4, 0.5) is 10.1 Å². The third kappa shape index (κ3) is 4.30. The Morgan fingerprint density at radius 1 is 1.55 bits per heavy atom. The van der Waals surface area contributed by atoms with Gasteiger partial charge in [0.25, 0.3) is 0 Å². The van der Waals surface area contributed by atoms with Gasteiger partial charge in [0.2, 0.25) is 0 Å². The number of halogens is 2. The van der Waals surface area contributed by atoms with E-state index in [9.17, 15) is 12.8 Å². The first kappa shape index (κ1) is 17.4. The van der Waals surface area contributed by atoms with Crippen LogP contribution in [0.15, 0.2) is 18.2 Å². The highest BCUT2D eigenvalue weighted by Crippen LogP contribution is 2.22. The van der Waals surface area contributed by atoms with Gasteiger partial charge in [-0.1, -0.05) is 18.5 Å². The fourth-order valence-electron chi connectivity index (χ4n) is 2.48. The molecule has 0 unspecified atom stereocenters. The van der Waals surface area contributed by atoms with Crippen molar-refractivity contribution in [3.05, 3.63) is 29.0 Å². The molecule has 0 aromatic heterocycles. The Balaban J connectivity index is 2.11. The van der Waals surface area contributed by atoms with Crippen LogP contribution < -0.4 is 5.32 Å². The summed E-state index contributed by atoms with van der Waals surface area (Å²) in [5.74, 6) is -0.174. The van der Waals surface area contributed by atoms with Crippen LogP contribution in [0.2, 0.25) is 5.02 Å². The van der Waals surface area contributed by atoms with Crippen LogP contribution in [-0.2, 0) is 9.84 Å². The van der Waals surface area contributed by atoms with Crippen molar-refractivity contribution in [2.24, 2.45) is 0 Å². The number of nitrogens with one attached hydrogen (secondary N) is 1. The number of anilines is 1. The van der Waals surface area contributed by atoms with Gasteiger partial charge in [-0.15, -0.1) is 0 Å². The average molecular weight is 365 g/mol. The van der Waals surface area contributed by atoms with Crippen LogP contribution in [0.3, 0.4) is 0 Å². The van der Waals surface area contributed by atoms with Gasteiger partial charge in [0.05, 0.1) is 16.5 Å². The van der Waals surface area contributed by atoms with Crippen molar-refractivity contribution < 1.29 is 12.8 Å². The topological polar surface area (TPSA) is 49.4 Å². The molecule has 2 rings (SSSR count). The summed E-state index contributed by atoms with van der Waals surface area (Å²) in [6.45, 7) is 2.68. The normalized spacial score (nSPS) is 19.9. The van der Waals surface area contributed by atoms with Crippen LogP contribution >= 0.6 is 23.8 Å². The van der Waals surface area contributed by atoms with E-state index in [4.69, 9.17) is 23.8 Å². The van der Waals surface area contributed by atoms with Gasteiger partial charge >= 0.3 is 0 Å². The van der Waals surface area contributed by atoms with Crippen molar-refractivity contribution >= 4 is 44.5 Å². The molecule has 1 atom stereocenters. The number of rotatable bonds is 4. The van der Waals surface area contributed by atoms with Crippen LogP contribution in [0.25, 0.3) is 0 Å². The van der Waals surface area contributed by atoms with Crippen molar-refractivity contribution in [3.63, 3.8) is 0 Å². The third-order valence-electron chi connectivity index (χ3n) is 3.55. The summed E-state index contributed by atoms with van der Waals surface area (Å²) >= 11 is 11.1. The largest absolute Gasteiger partial charge is 0.345 e. The molecule has 0 aliphatic carbocycles. The summed E-state index contributed by atoms with van der Waals surface area (Å²) in [5.41, 5.74) is 0.582. The summed E-state index contributed by atoms with van der Waals surface area (Å²) in [6.07, 6.45) is 1.43. The van der Waals surface area contributed by atoms with Crippen LogP contribution in [0.5, 0.6) is 0 Å². The van der Waals surface area contributed by atoms with Crippen LogP contribution in [-0.4, -0.2) is 42.5 Å². The Morgan fingerprint density at radius 2 is 2.27 bits per heavy atom. The molecule has 22 heavy (non-hydrogen) atoms. The van der Waals surface area contributed by atoms with Crippen molar-refractivity contribution in [2.75, 3.05) is 23.4 Å². The van der Waals surface area contributed by atoms with E-state index in [-0.39, 0.29) is 22.6 Å². The number of hydrogen-bond donors (Lipinski definition) is 1. The Kier molecular flexibility index (Phi) is 5.63.